The van der Waals surface area contributed by atoms with Crippen LogP contribution in [0, 0.1) is 27.7 Å². The van der Waals surface area contributed by atoms with Crippen molar-refractivity contribution in [1.29, 1.82) is 0 Å². The minimum absolute atomic E-state index is 0. The molecule has 168 valence electrons. The molecule has 0 bridgehead atoms. The molecule has 4 aromatic rings. The van der Waals surface area contributed by atoms with Gasteiger partial charge in [0, 0.05) is 0 Å². The monoisotopic (exact) mass is 510 g/mol. The van der Waals surface area contributed by atoms with E-state index >= 15 is 0 Å². The van der Waals surface area contributed by atoms with Gasteiger partial charge in [0.05, 0.1) is 9.79 Å². The van der Waals surface area contributed by atoms with E-state index in [4.69, 9.17) is 0 Å². The van der Waals surface area contributed by atoms with E-state index in [1.165, 1.54) is 12.1 Å². The van der Waals surface area contributed by atoms with Gasteiger partial charge in [-0.2, -0.15) is 0 Å². The van der Waals surface area contributed by atoms with Crippen molar-refractivity contribution in [2.45, 2.75) is 37.5 Å². The molecule has 0 aliphatic carbocycles. The maximum Gasteiger partial charge on any atom is 2.00 e. The molecular formula is C24H22CaO6S2. The first kappa shape index (κ1) is 27.7. The number of rotatable bonds is 2. The Morgan fingerprint density at radius 2 is 0.818 bits per heavy atom. The molecule has 0 fully saturated rings. The van der Waals surface area contributed by atoms with Crippen LogP contribution in [0.15, 0.2) is 70.5 Å². The molecule has 4 rings (SSSR count). The smallest absolute Gasteiger partial charge is 0.744 e. The predicted molar refractivity (Wildman–Crippen MR) is 129 cm³/mol. The average Bonchev–Trinajstić information content (AvgIpc) is 2.67. The van der Waals surface area contributed by atoms with E-state index in [1.807, 2.05) is 39.8 Å². The van der Waals surface area contributed by atoms with Gasteiger partial charge in [0.15, 0.2) is 0 Å². The Morgan fingerprint density at radius 1 is 0.515 bits per heavy atom. The van der Waals surface area contributed by atoms with E-state index in [2.05, 4.69) is 0 Å². The van der Waals surface area contributed by atoms with Gasteiger partial charge in [-0.05, 0) is 83.6 Å². The van der Waals surface area contributed by atoms with Crippen LogP contribution >= 0.6 is 0 Å². The number of fused-ring (bicyclic) bond motifs is 2. The maximum atomic E-state index is 11.1. The Hall–Kier alpha value is -1.52. The normalized spacial score (nSPS) is 11.6. The van der Waals surface area contributed by atoms with Crippen LogP contribution in [-0.4, -0.2) is 63.7 Å². The fourth-order valence-corrected chi connectivity index (χ4v) is 5.32. The Bertz CT molecular complexity index is 1420. The Balaban J connectivity index is 0.000000227. The summed E-state index contributed by atoms with van der Waals surface area (Å²) in [5.41, 5.74) is 3.89. The molecule has 0 aromatic heterocycles. The van der Waals surface area contributed by atoms with Crippen molar-refractivity contribution in [2.75, 3.05) is 0 Å². The number of aryl methyl sites for hydroxylation is 4. The molecule has 0 saturated carbocycles. The fraction of sp³-hybridized carbons (Fsp3) is 0.167. The Morgan fingerprint density at radius 3 is 1.12 bits per heavy atom. The van der Waals surface area contributed by atoms with Gasteiger partial charge in [0.1, 0.15) is 20.2 Å². The Kier molecular flexibility index (Phi) is 8.73. The van der Waals surface area contributed by atoms with E-state index < -0.39 is 20.2 Å². The van der Waals surface area contributed by atoms with Gasteiger partial charge >= 0.3 is 37.7 Å². The topological polar surface area (TPSA) is 114 Å². The van der Waals surface area contributed by atoms with Gasteiger partial charge in [-0.25, -0.2) is 16.8 Å². The van der Waals surface area contributed by atoms with Crippen molar-refractivity contribution in [3.63, 3.8) is 0 Å². The third-order valence-electron chi connectivity index (χ3n) is 5.37. The van der Waals surface area contributed by atoms with Gasteiger partial charge in [-0.1, -0.05) is 48.5 Å². The number of hydrogen-bond donors (Lipinski definition) is 0. The molecule has 0 radical (unpaired) electrons. The molecular weight excluding hydrogens is 488 g/mol. The third-order valence-corrected chi connectivity index (χ3v) is 7.16. The molecule has 6 nitrogen and oxygen atoms in total. The van der Waals surface area contributed by atoms with Crippen LogP contribution < -0.4 is 0 Å². The average molecular weight is 511 g/mol. The summed E-state index contributed by atoms with van der Waals surface area (Å²) < 4.78 is 66.7. The molecule has 4 aromatic carbocycles. The van der Waals surface area contributed by atoms with Crippen LogP contribution in [0.4, 0.5) is 0 Å². The molecule has 0 aliphatic heterocycles. The van der Waals surface area contributed by atoms with Crippen molar-refractivity contribution < 1.29 is 25.9 Å². The SMILES string of the molecule is Cc1cccc2c(S(=O)(=O)[O-])ccc(C)c12.Cc1cccc2c(S(=O)(=O)[O-])ccc(C)c12.[Ca+2]. The summed E-state index contributed by atoms with van der Waals surface area (Å²) in [4.78, 5) is -0.284. The fourth-order valence-electron chi connectivity index (χ4n) is 3.98. The first-order valence-electron chi connectivity index (χ1n) is 9.72. The van der Waals surface area contributed by atoms with Crippen LogP contribution in [0.2, 0.25) is 0 Å². The second kappa shape index (κ2) is 10.4. The molecule has 0 aliphatic rings. The summed E-state index contributed by atoms with van der Waals surface area (Å²) in [5.74, 6) is 0. The molecule has 0 unspecified atom stereocenters. The van der Waals surface area contributed by atoms with Gasteiger partial charge in [-0.15, -0.1) is 0 Å². The largest absolute Gasteiger partial charge is 2.00 e. The zero-order chi connectivity index (χ0) is 23.8. The molecule has 33 heavy (non-hydrogen) atoms. The zero-order valence-corrected chi connectivity index (χ0v) is 22.6. The zero-order valence-electron chi connectivity index (χ0n) is 18.7. The maximum absolute atomic E-state index is 11.1. The van der Waals surface area contributed by atoms with Crippen LogP contribution in [0.3, 0.4) is 0 Å². The molecule has 0 heterocycles. The second-order valence-corrected chi connectivity index (χ2v) is 10.4. The third kappa shape index (κ3) is 5.95. The van der Waals surface area contributed by atoms with Crippen molar-refractivity contribution in [3.8, 4) is 0 Å². The Labute approximate surface area is 224 Å². The van der Waals surface area contributed by atoms with Crippen LogP contribution in [0.1, 0.15) is 22.3 Å². The molecule has 0 N–H and O–H groups in total. The minimum Gasteiger partial charge on any atom is -0.744 e. The van der Waals surface area contributed by atoms with Crippen LogP contribution in [0.25, 0.3) is 21.5 Å². The van der Waals surface area contributed by atoms with Crippen LogP contribution in [0.5, 0.6) is 0 Å². The summed E-state index contributed by atoms with van der Waals surface area (Å²) in [7, 11) is -8.83. The summed E-state index contributed by atoms with van der Waals surface area (Å²) in [6.07, 6.45) is 0. The van der Waals surface area contributed by atoms with E-state index in [0.717, 1.165) is 33.0 Å². The summed E-state index contributed by atoms with van der Waals surface area (Å²) >= 11 is 0. The minimum atomic E-state index is -4.41. The molecule has 0 atom stereocenters. The van der Waals surface area contributed by atoms with Crippen molar-refractivity contribution in [2.24, 2.45) is 0 Å². The molecule has 0 amide bonds. The van der Waals surface area contributed by atoms with Crippen molar-refractivity contribution >= 4 is 79.5 Å². The number of benzene rings is 4. The standard InChI is InChI=1S/2C12H12O3S.Ca/c2*1-8-4-3-5-10-11(16(13,14)15)7-6-9(2)12(8)10;/h2*3-7H,1-2H3,(H,13,14,15);/q;;+2/p-2. The second-order valence-electron chi connectivity index (χ2n) is 7.66. The first-order chi connectivity index (χ1) is 14.8. The van der Waals surface area contributed by atoms with Crippen LogP contribution in [-0.2, 0) is 20.2 Å². The summed E-state index contributed by atoms with van der Waals surface area (Å²) in [6.45, 7) is 7.60. The summed E-state index contributed by atoms with van der Waals surface area (Å²) in [6, 6.07) is 16.7. The van der Waals surface area contributed by atoms with Gasteiger partial charge < -0.3 is 9.11 Å². The molecule has 0 spiro atoms. The quantitative estimate of drug-likeness (QED) is 0.293. The first-order valence-corrected chi connectivity index (χ1v) is 12.5. The predicted octanol–water partition coefficient (Wildman–Crippen LogP) is 4.34. The molecule has 9 heteroatoms. The summed E-state index contributed by atoms with van der Waals surface area (Å²) in [5, 5.41) is 2.71. The van der Waals surface area contributed by atoms with Crippen molar-refractivity contribution in [1.82, 2.24) is 0 Å². The van der Waals surface area contributed by atoms with Gasteiger partial charge in [0.25, 0.3) is 0 Å². The van der Waals surface area contributed by atoms with E-state index in [0.29, 0.717) is 10.8 Å². The molecule has 0 saturated heterocycles. The van der Waals surface area contributed by atoms with Gasteiger partial charge in [0.2, 0.25) is 0 Å². The van der Waals surface area contributed by atoms with E-state index in [9.17, 15) is 25.9 Å². The van der Waals surface area contributed by atoms with Gasteiger partial charge in [-0.3, -0.25) is 0 Å². The van der Waals surface area contributed by atoms with E-state index in [-0.39, 0.29) is 47.5 Å². The van der Waals surface area contributed by atoms with E-state index in [1.54, 1.807) is 36.4 Å². The number of hydrogen-bond acceptors (Lipinski definition) is 6. The van der Waals surface area contributed by atoms with Crippen molar-refractivity contribution in [3.05, 3.63) is 82.9 Å².